The summed E-state index contributed by atoms with van der Waals surface area (Å²) in [5, 5.41) is 0. The van der Waals surface area contributed by atoms with Crippen molar-refractivity contribution in [2.75, 3.05) is 13.2 Å². The number of hydrogen-bond donors (Lipinski definition) is 0. The molecule has 3 heteroatoms. The molecule has 1 aliphatic heterocycles. The Morgan fingerprint density at radius 2 is 2.12 bits per heavy atom. The molecule has 0 saturated carbocycles. The largest absolute Gasteiger partial charge is 1.00 e. The van der Waals surface area contributed by atoms with Gasteiger partial charge in [-0.3, -0.25) is 0 Å². The normalized spacial score (nSPS) is 22.3. The molecule has 0 aromatic heterocycles. The molecule has 1 aliphatic carbocycles. The fraction of sp³-hybridized carbons (Fsp3) is 0.692. The Kier molecular flexibility index (Phi) is 5.66. The number of unbranched alkanes of at least 4 members (excludes halogenated alkanes) is 1. The molecule has 0 unspecified atom stereocenters. The van der Waals surface area contributed by atoms with E-state index >= 15 is 0 Å². The Bertz CT molecular complexity index is 285. The van der Waals surface area contributed by atoms with Crippen molar-refractivity contribution in [3.8, 4) is 5.92 Å². The molecular formula is C13H17LiO2. The standard InChI is InChI=1S/C13H17O2.Li/c1-2-3-4-6-12-7-5-8-13(11-12)14-9-10-15-13;/h11H,3-10H2;/q-1;+1. The van der Waals surface area contributed by atoms with Gasteiger partial charge >= 0.3 is 18.9 Å². The van der Waals surface area contributed by atoms with E-state index < -0.39 is 0 Å². The van der Waals surface area contributed by atoms with Crippen molar-refractivity contribution in [2.24, 2.45) is 0 Å². The van der Waals surface area contributed by atoms with Crippen LogP contribution >= 0.6 is 0 Å². The van der Waals surface area contributed by atoms with Crippen molar-refractivity contribution in [3.63, 3.8) is 0 Å². The van der Waals surface area contributed by atoms with Gasteiger partial charge in [0.15, 0.2) is 5.79 Å². The van der Waals surface area contributed by atoms with E-state index in [0.717, 1.165) is 51.7 Å². The van der Waals surface area contributed by atoms with Crippen molar-refractivity contribution in [1.29, 1.82) is 0 Å². The van der Waals surface area contributed by atoms with Crippen LogP contribution in [-0.2, 0) is 9.47 Å². The minimum atomic E-state index is -0.387. The van der Waals surface area contributed by atoms with Crippen LogP contribution in [0, 0.1) is 12.3 Å². The predicted octanol–water partition coefficient (Wildman–Crippen LogP) is -0.396. The number of ether oxygens (including phenoxy) is 2. The van der Waals surface area contributed by atoms with Crippen LogP contribution in [-0.4, -0.2) is 19.0 Å². The Morgan fingerprint density at radius 3 is 2.81 bits per heavy atom. The molecule has 0 aromatic rings. The average Bonchev–Trinajstić information content (AvgIpc) is 2.67. The van der Waals surface area contributed by atoms with Crippen molar-refractivity contribution in [3.05, 3.63) is 18.1 Å². The molecule has 0 amide bonds. The predicted molar refractivity (Wildman–Crippen MR) is 57.6 cm³/mol. The van der Waals surface area contributed by atoms with Gasteiger partial charge in [0.1, 0.15) is 0 Å². The van der Waals surface area contributed by atoms with Crippen LogP contribution in [0.15, 0.2) is 11.6 Å². The summed E-state index contributed by atoms with van der Waals surface area (Å²) in [6, 6.07) is 0. The number of rotatable bonds is 3. The van der Waals surface area contributed by atoms with Crippen LogP contribution in [0.4, 0.5) is 0 Å². The minimum absolute atomic E-state index is 0. The van der Waals surface area contributed by atoms with Crippen LogP contribution in [0.5, 0.6) is 0 Å². The Labute approximate surface area is 110 Å². The molecule has 2 aliphatic rings. The second-order valence-corrected chi connectivity index (χ2v) is 4.20. The van der Waals surface area contributed by atoms with Crippen molar-refractivity contribution in [2.45, 2.75) is 44.3 Å². The van der Waals surface area contributed by atoms with Gasteiger partial charge in [-0.15, -0.1) is 0 Å². The third-order valence-corrected chi connectivity index (χ3v) is 3.02. The maximum absolute atomic E-state index is 6.86. The minimum Gasteiger partial charge on any atom is -0.694 e. The summed E-state index contributed by atoms with van der Waals surface area (Å²) in [6.45, 7) is 1.44. The van der Waals surface area contributed by atoms with E-state index in [4.69, 9.17) is 15.9 Å². The van der Waals surface area contributed by atoms with E-state index in [0.29, 0.717) is 0 Å². The quantitative estimate of drug-likeness (QED) is 0.208. The van der Waals surface area contributed by atoms with Crippen LogP contribution in [0.1, 0.15) is 38.5 Å². The molecule has 82 valence electrons. The third kappa shape index (κ3) is 3.41. The van der Waals surface area contributed by atoms with Crippen LogP contribution in [0.3, 0.4) is 0 Å². The topological polar surface area (TPSA) is 18.5 Å². The molecule has 2 rings (SSSR count). The molecule has 0 radical (unpaired) electrons. The first-order valence-electron chi connectivity index (χ1n) is 5.73. The monoisotopic (exact) mass is 212 g/mol. The SMILES string of the molecule is [C-]#CCCCC1=CC2(CCC1)OCCO2.[Li+]. The first-order chi connectivity index (χ1) is 7.35. The molecule has 0 aromatic carbocycles. The van der Waals surface area contributed by atoms with Crippen LogP contribution in [0.2, 0.25) is 0 Å². The van der Waals surface area contributed by atoms with E-state index in [2.05, 4.69) is 12.0 Å². The van der Waals surface area contributed by atoms with Gasteiger partial charge in [-0.2, -0.15) is 0 Å². The van der Waals surface area contributed by atoms with Gasteiger partial charge in [-0.1, -0.05) is 5.57 Å². The van der Waals surface area contributed by atoms with Crippen molar-refractivity contribution >= 4 is 0 Å². The van der Waals surface area contributed by atoms with Gasteiger partial charge in [0.05, 0.1) is 13.2 Å². The first kappa shape index (κ1) is 13.9. The second-order valence-electron chi connectivity index (χ2n) is 4.20. The number of hydrogen-bond acceptors (Lipinski definition) is 2. The summed E-state index contributed by atoms with van der Waals surface area (Å²) in [5.41, 5.74) is 1.43. The molecule has 2 nitrogen and oxygen atoms in total. The summed E-state index contributed by atoms with van der Waals surface area (Å²) in [7, 11) is 0. The first-order valence-corrected chi connectivity index (χ1v) is 5.73. The summed E-state index contributed by atoms with van der Waals surface area (Å²) < 4.78 is 11.3. The Hall–Kier alpha value is -0.183. The molecule has 1 fully saturated rings. The van der Waals surface area contributed by atoms with Crippen molar-refractivity contribution < 1.29 is 28.3 Å². The summed E-state index contributed by atoms with van der Waals surface area (Å²) in [4.78, 5) is 0. The van der Waals surface area contributed by atoms with Gasteiger partial charge < -0.3 is 21.8 Å². The average molecular weight is 212 g/mol. The zero-order valence-electron chi connectivity index (χ0n) is 10.1. The maximum atomic E-state index is 6.86. The Balaban J connectivity index is 0.00000128. The van der Waals surface area contributed by atoms with Crippen LogP contribution < -0.4 is 18.9 Å². The summed E-state index contributed by atoms with van der Waals surface area (Å²) in [6.07, 6.45) is 15.2. The zero-order chi connectivity index (χ0) is 10.6. The van der Waals surface area contributed by atoms with Crippen LogP contribution in [0.25, 0.3) is 0 Å². The van der Waals surface area contributed by atoms with E-state index in [-0.39, 0.29) is 24.6 Å². The van der Waals surface area contributed by atoms with Gasteiger partial charge in [-0.25, -0.2) is 0 Å². The molecule has 0 atom stereocenters. The van der Waals surface area contributed by atoms with E-state index in [1.165, 1.54) is 5.57 Å². The molecule has 0 N–H and O–H groups in total. The smallest absolute Gasteiger partial charge is 0.694 e. The Morgan fingerprint density at radius 1 is 1.38 bits per heavy atom. The maximum Gasteiger partial charge on any atom is 1.00 e. The van der Waals surface area contributed by atoms with Gasteiger partial charge in [-0.05, 0) is 38.2 Å². The van der Waals surface area contributed by atoms with Gasteiger partial charge in [0.2, 0.25) is 0 Å². The second kappa shape index (κ2) is 6.53. The van der Waals surface area contributed by atoms with Crippen molar-refractivity contribution in [1.82, 2.24) is 0 Å². The molecule has 16 heavy (non-hydrogen) atoms. The molecule has 0 bridgehead atoms. The molecule has 1 heterocycles. The van der Waals surface area contributed by atoms with Gasteiger partial charge in [0, 0.05) is 6.42 Å². The molecule has 1 spiro atoms. The fourth-order valence-electron chi connectivity index (χ4n) is 2.32. The van der Waals surface area contributed by atoms with E-state index in [9.17, 15) is 0 Å². The number of allylic oxidation sites excluding steroid dienone is 1. The summed E-state index contributed by atoms with van der Waals surface area (Å²) >= 11 is 0. The third-order valence-electron chi connectivity index (χ3n) is 3.02. The summed E-state index contributed by atoms with van der Waals surface area (Å²) in [5.74, 6) is 2.04. The van der Waals surface area contributed by atoms with E-state index in [1.807, 2.05) is 0 Å². The van der Waals surface area contributed by atoms with E-state index in [1.54, 1.807) is 0 Å². The molecule has 1 saturated heterocycles. The molecular weight excluding hydrogens is 195 g/mol. The zero-order valence-corrected chi connectivity index (χ0v) is 10.1. The fourth-order valence-corrected chi connectivity index (χ4v) is 2.32. The van der Waals surface area contributed by atoms with Gasteiger partial charge in [0.25, 0.3) is 0 Å².